The van der Waals surface area contributed by atoms with E-state index in [1.807, 2.05) is 6.07 Å². The summed E-state index contributed by atoms with van der Waals surface area (Å²) >= 11 is 0. The van der Waals surface area contributed by atoms with Crippen molar-refractivity contribution in [3.63, 3.8) is 0 Å². The second kappa shape index (κ2) is 2.76. The lowest BCUT2D eigenvalue weighted by atomic mass is 10.2. The molecule has 0 aliphatic heterocycles. The average molecular weight is 175 g/mol. The molecule has 0 aliphatic rings. The van der Waals surface area contributed by atoms with Crippen molar-refractivity contribution in [2.45, 2.75) is 20.8 Å². The first kappa shape index (κ1) is 8.10. The highest BCUT2D eigenvalue weighted by molar-refractivity contribution is 5.36. The van der Waals surface area contributed by atoms with Gasteiger partial charge in [0.2, 0.25) is 0 Å². The van der Waals surface area contributed by atoms with Crippen LogP contribution in [-0.4, -0.2) is 14.8 Å². The van der Waals surface area contributed by atoms with Gasteiger partial charge in [0.05, 0.1) is 6.20 Å². The molecule has 1 N–H and O–H groups in total. The van der Waals surface area contributed by atoms with Gasteiger partial charge in [-0.1, -0.05) is 0 Å². The third-order valence-corrected chi connectivity index (χ3v) is 2.56. The van der Waals surface area contributed by atoms with Gasteiger partial charge in [0.1, 0.15) is 5.82 Å². The molecular weight excluding hydrogens is 162 g/mol. The predicted octanol–water partition coefficient (Wildman–Crippen LogP) is 2.13. The zero-order valence-corrected chi connectivity index (χ0v) is 8.13. The highest BCUT2D eigenvalue weighted by Gasteiger charge is 2.06. The number of H-pyrrole nitrogens is 1. The molecule has 0 fully saturated rings. The smallest absolute Gasteiger partial charge is 0.132 e. The molecule has 68 valence electrons. The number of aryl methyl sites for hydroxylation is 1. The maximum absolute atomic E-state index is 3.93. The highest BCUT2D eigenvalue weighted by Crippen LogP contribution is 2.17. The Morgan fingerprint density at radius 2 is 2.08 bits per heavy atom. The SMILES string of the molecule is Cc1cn(-c2ccn[nH]2)c(C)c1C. The van der Waals surface area contributed by atoms with E-state index in [0.717, 1.165) is 5.82 Å². The fourth-order valence-corrected chi connectivity index (χ4v) is 1.49. The van der Waals surface area contributed by atoms with Crippen LogP contribution >= 0.6 is 0 Å². The van der Waals surface area contributed by atoms with Gasteiger partial charge in [0, 0.05) is 18.0 Å². The van der Waals surface area contributed by atoms with Crippen molar-refractivity contribution in [3.8, 4) is 5.82 Å². The fraction of sp³-hybridized carbons (Fsp3) is 0.300. The summed E-state index contributed by atoms with van der Waals surface area (Å²) in [5.41, 5.74) is 3.92. The lowest BCUT2D eigenvalue weighted by Crippen LogP contribution is -1.95. The van der Waals surface area contributed by atoms with Crippen molar-refractivity contribution < 1.29 is 0 Å². The second-order valence-corrected chi connectivity index (χ2v) is 3.33. The van der Waals surface area contributed by atoms with E-state index in [1.54, 1.807) is 6.20 Å². The molecule has 2 aromatic heterocycles. The van der Waals surface area contributed by atoms with E-state index in [4.69, 9.17) is 0 Å². The highest BCUT2D eigenvalue weighted by atomic mass is 15.2. The number of hydrogen-bond acceptors (Lipinski definition) is 1. The molecule has 0 atom stereocenters. The Hall–Kier alpha value is -1.51. The third-order valence-electron chi connectivity index (χ3n) is 2.56. The molecule has 0 amide bonds. The van der Waals surface area contributed by atoms with Gasteiger partial charge < -0.3 is 4.57 Å². The number of nitrogens with one attached hydrogen (secondary N) is 1. The van der Waals surface area contributed by atoms with Crippen LogP contribution in [0.4, 0.5) is 0 Å². The van der Waals surface area contributed by atoms with Gasteiger partial charge in [0.15, 0.2) is 0 Å². The first-order valence-corrected chi connectivity index (χ1v) is 4.35. The second-order valence-electron chi connectivity index (χ2n) is 3.33. The number of nitrogens with zero attached hydrogens (tertiary/aromatic N) is 2. The molecule has 0 saturated heterocycles. The Labute approximate surface area is 77.4 Å². The number of rotatable bonds is 1. The lowest BCUT2D eigenvalue weighted by Gasteiger charge is -2.01. The van der Waals surface area contributed by atoms with Gasteiger partial charge in [-0.2, -0.15) is 5.10 Å². The van der Waals surface area contributed by atoms with E-state index in [9.17, 15) is 0 Å². The number of aromatic nitrogens is 3. The maximum atomic E-state index is 3.93. The lowest BCUT2D eigenvalue weighted by molar-refractivity contribution is 0.928. The summed E-state index contributed by atoms with van der Waals surface area (Å²) in [4.78, 5) is 0. The van der Waals surface area contributed by atoms with Crippen LogP contribution in [0.25, 0.3) is 5.82 Å². The first-order valence-electron chi connectivity index (χ1n) is 4.35. The van der Waals surface area contributed by atoms with Crippen LogP contribution in [0.5, 0.6) is 0 Å². The molecule has 3 heteroatoms. The van der Waals surface area contributed by atoms with E-state index >= 15 is 0 Å². The number of hydrogen-bond donors (Lipinski definition) is 1. The monoisotopic (exact) mass is 175 g/mol. The van der Waals surface area contributed by atoms with E-state index in [-0.39, 0.29) is 0 Å². The van der Waals surface area contributed by atoms with Crippen molar-refractivity contribution in [1.29, 1.82) is 0 Å². The van der Waals surface area contributed by atoms with Crippen molar-refractivity contribution in [2.75, 3.05) is 0 Å². The van der Waals surface area contributed by atoms with Crippen molar-refractivity contribution in [2.24, 2.45) is 0 Å². The summed E-state index contributed by atoms with van der Waals surface area (Å²) in [6, 6.07) is 1.96. The van der Waals surface area contributed by atoms with E-state index in [0.29, 0.717) is 0 Å². The molecule has 0 bridgehead atoms. The fourth-order valence-electron chi connectivity index (χ4n) is 1.49. The van der Waals surface area contributed by atoms with Gasteiger partial charge in [-0.05, 0) is 31.9 Å². The average Bonchev–Trinajstić information content (AvgIpc) is 2.70. The third kappa shape index (κ3) is 1.16. The van der Waals surface area contributed by atoms with Crippen LogP contribution in [0, 0.1) is 20.8 Å². The minimum atomic E-state index is 1.02. The zero-order valence-electron chi connectivity index (χ0n) is 8.13. The quantitative estimate of drug-likeness (QED) is 0.707. The Kier molecular flexibility index (Phi) is 1.72. The minimum absolute atomic E-state index is 1.02. The van der Waals surface area contributed by atoms with E-state index < -0.39 is 0 Å². The van der Waals surface area contributed by atoms with Gasteiger partial charge in [-0.3, -0.25) is 5.10 Å². The molecule has 2 rings (SSSR count). The van der Waals surface area contributed by atoms with Crippen molar-refractivity contribution >= 4 is 0 Å². The van der Waals surface area contributed by atoms with Gasteiger partial charge in [-0.25, -0.2) is 0 Å². The Morgan fingerprint density at radius 3 is 2.54 bits per heavy atom. The molecule has 2 heterocycles. The zero-order chi connectivity index (χ0) is 9.42. The Bertz CT molecular complexity index is 410. The first-order chi connectivity index (χ1) is 6.20. The Balaban J connectivity index is 2.59. The summed E-state index contributed by atoms with van der Waals surface area (Å²) in [5.74, 6) is 1.02. The summed E-state index contributed by atoms with van der Waals surface area (Å²) in [7, 11) is 0. The number of aromatic amines is 1. The predicted molar refractivity (Wildman–Crippen MR) is 52.1 cm³/mol. The molecule has 0 radical (unpaired) electrons. The van der Waals surface area contributed by atoms with Crippen LogP contribution in [0.1, 0.15) is 16.8 Å². The van der Waals surface area contributed by atoms with Crippen LogP contribution < -0.4 is 0 Å². The molecule has 3 nitrogen and oxygen atoms in total. The summed E-state index contributed by atoms with van der Waals surface area (Å²) < 4.78 is 2.12. The normalized spacial score (nSPS) is 10.7. The van der Waals surface area contributed by atoms with Gasteiger partial charge >= 0.3 is 0 Å². The Morgan fingerprint density at radius 1 is 1.31 bits per heavy atom. The maximum Gasteiger partial charge on any atom is 0.132 e. The van der Waals surface area contributed by atoms with Crippen molar-refractivity contribution in [3.05, 3.63) is 35.3 Å². The van der Waals surface area contributed by atoms with Crippen LogP contribution in [-0.2, 0) is 0 Å². The summed E-state index contributed by atoms with van der Waals surface area (Å²) in [5, 5.41) is 6.88. The molecule has 0 unspecified atom stereocenters. The molecule has 0 aromatic carbocycles. The van der Waals surface area contributed by atoms with E-state index in [1.165, 1.54) is 16.8 Å². The van der Waals surface area contributed by atoms with Crippen molar-refractivity contribution in [1.82, 2.24) is 14.8 Å². The molecule has 0 aliphatic carbocycles. The molecule has 0 spiro atoms. The van der Waals surface area contributed by atoms with Crippen LogP contribution in [0.3, 0.4) is 0 Å². The van der Waals surface area contributed by atoms with Crippen LogP contribution in [0.2, 0.25) is 0 Å². The standard InChI is InChI=1S/C10H13N3/c1-7-6-13(9(3)8(7)2)10-4-5-11-12-10/h4-6H,1-3H3,(H,11,12). The molecular formula is C10H13N3. The summed E-state index contributed by atoms with van der Waals surface area (Å²) in [6.45, 7) is 6.37. The van der Waals surface area contributed by atoms with Gasteiger partial charge in [0.25, 0.3) is 0 Å². The molecule has 2 aromatic rings. The minimum Gasteiger partial charge on any atom is -0.306 e. The molecule has 13 heavy (non-hydrogen) atoms. The largest absolute Gasteiger partial charge is 0.306 e. The topological polar surface area (TPSA) is 33.6 Å². The van der Waals surface area contributed by atoms with Crippen LogP contribution in [0.15, 0.2) is 18.5 Å². The summed E-state index contributed by atoms with van der Waals surface area (Å²) in [6.07, 6.45) is 3.89. The molecule has 0 saturated carbocycles. The van der Waals surface area contributed by atoms with E-state index in [2.05, 4.69) is 41.7 Å². The van der Waals surface area contributed by atoms with Gasteiger partial charge in [-0.15, -0.1) is 0 Å².